The lowest BCUT2D eigenvalue weighted by atomic mass is 10.0. The number of para-hydroxylation sites is 2. The average molecular weight is 431 g/mol. The van der Waals surface area contributed by atoms with E-state index in [0.29, 0.717) is 5.56 Å². The first-order valence-electron chi connectivity index (χ1n) is 9.20. The number of carbonyl (C=O) groups excluding carboxylic acids is 1. The predicted octanol–water partition coefficient (Wildman–Crippen LogP) is 6.48. The summed E-state index contributed by atoms with van der Waals surface area (Å²) in [5.74, 6) is -0.156. The summed E-state index contributed by atoms with van der Waals surface area (Å²) in [4.78, 5) is 17.9. The summed E-state index contributed by atoms with van der Waals surface area (Å²) in [5, 5.41) is 3.84. The SMILES string of the molecule is CCc1ccc(-c2cc(C(=O)Nc3ccccc3Br)c3ccccc3n2)cc1. The van der Waals surface area contributed by atoms with E-state index in [4.69, 9.17) is 4.98 Å². The van der Waals surface area contributed by atoms with E-state index in [0.717, 1.165) is 38.7 Å². The van der Waals surface area contributed by atoms with E-state index in [1.165, 1.54) is 5.56 Å². The van der Waals surface area contributed by atoms with Crippen molar-refractivity contribution in [1.82, 2.24) is 4.98 Å². The zero-order chi connectivity index (χ0) is 19.5. The number of amides is 1. The van der Waals surface area contributed by atoms with Gasteiger partial charge in [0.2, 0.25) is 0 Å². The third-order valence-corrected chi connectivity index (χ3v) is 5.43. The topological polar surface area (TPSA) is 42.0 Å². The van der Waals surface area contributed by atoms with E-state index in [1.54, 1.807) is 0 Å². The molecule has 0 spiro atoms. The summed E-state index contributed by atoms with van der Waals surface area (Å²) in [5.41, 5.74) is 5.21. The number of hydrogen-bond acceptors (Lipinski definition) is 2. The van der Waals surface area contributed by atoms with Crippen LogP contribution in [0.5, 0.6) is 0 Å². The number of rotatable bonds is 4. The molecule has 1 N–H and O–H groups in total. The molecule has 4 rings (SSSR count). The van der Waals surface area contributed by atoms with Crippen LogP contribution in [0.15, 0.2) is 83.3 Å². The van der Waals surface area contributed by atoms with Gasteiger partial charge in [0.25, 0.3) is 5.91 Å². The molecule has 0 atom stereocenters. The summed E-state index contributed by atoms with van der Waals surface area (Å²) in [6.07, 6.45) is 0.991. The molecule has 0 aliphatic heterocycles. The van der Waals surface area contributed by atoms with Crippen LogP contribution in [0.4, 0.5) is 5.69 Å². The standard InChI is InChI=1S/C24H19BrN2O/c1-2-16-11-13-17(14-12-16)23-15-19(18-7-3-5-9-21(18)26-23)24(28)27-22-10-6-4-8-20(22)25/h3-15H,2H2,1H3,(H,27,28). The van der Waals surface area contributed by atoms with Gasteiger partial charge in [0.05, 0.1) is 22.5 Å². The Morgan fingerprint density at radius 1 is 0.964 bits per heavy atom. The van der Waals surface area contributed by atoms with Gasteiger partial charge in [0.15, 0.2) is 0 Å². The van der Waals surface area contributed by atoms with Crippen molar-refractivity contribution in [1.29, 1.82) is 0 Å². The van der Waals surface area contributed by atoms with E-state index in [2.05, 4.69) is 52.4 Å². The number of aromatic nitrogens is 1. The fourth-order valence-electron chi connectivity index (χ4n) is 3.17. The molecule has 0 aliphatic rings. The fraction of sp³-hybridized carbons (Fsp3) is 0.0833. The Hall–Kier alpha value is -2.98. The number of pyridine rings is 1. The second-order valence-corrected chi connectivity index (χ2v) is 7.41. The van der Waals surface area contributed by atoms with Crippen LogP contribution in [0.2, 0.25) is 0 Å². The van der Waals surface area contributed by atoms with Gasteiger partial charge in [0, 0.05) is 15.4 Å². The monoisotopic (exact) mass is 430 g/mol. The number of benzene rings is 3. The third-order valence-electron chi connectivity index (χ3n) is 4.74. The van der Waals surface area contributed by atoms with E-state index in [-0.39, 0.29) is 5.91 Å². The molecule has 1 amide bonds. The second-order valence-electron chi connectivity index (χ2n) is 6.56. The van der Waals surface area contributed by atoms with Crippen LogP contribution in [0.1, 0.15) is 22.8 Å². The number of fused-ring (bicyclic) bond motifs is 1. The summed E-state index contributed by atoms with van der Waals surface area (Å²) >= 11 is 3.48. The van der Waals surface area contributed by atoms with E-state index in [1.807, 2.05) is 54.6 Å². The maximum Gasteiger partial charge on any atom is 0.256 e. The molecule has 138 valence electrons. The second kappa shape index (κ2) is 7.95. The van der Waals surface area contributed by atoms with Gasteiger partial charge in [-0.25, -0.2) is 4.98 Å². The lowest BCUT2D eigenvalue weighted by molar-refractivity contribution is 0.102. The summed E-state index contributed by atoms with van der Waals surface area (Å²) in [6, 6.07) is 25.5. The van der Waals surface area contributed by atoms with Crippen molar-refractivity contribution in [3.05, 3.63) is 94.5 Å². The van der Waals surface area contributed by atoms with E-state index in [9.17, 15) is 4.79 Å². The van der Waals surface area contributed by atoms with Gasteiger partial charge >= 0.3 is 0 Å². The first-order chi connectivity index (χ1) is 13.7. The van der Waals surface area contributed by atoms with Gasteiger partial charge in [-0.15, -0.1) is 0 Å². The largest absolute Gasteiger partial charge is 0.321 e. The van der Waals surface area contributed by atoms with Crippen molar-refractivity contribution in [2.45, 2.75) is 13.3 Å². The molecule has 3 nitrogen and oxygen atoms in total. The normalized spacial score (nSPS) is 10.8. The number of halogens is 1. The molecule has 3 aromatic carbocycles. The molecule has 1 aromatic heterocycles. The molecule has 28 heavy (non-hydrogen) atoms. The van der Waals surface area contributed by atoms with Crippen molar-refractivity contribution >= 4 is 38.4 Å². The zero-order valence-electron chi connectivity index (χ0n) is 15.4. The molecule has 0 fully saturated rings. The maximum atomic E-state index is 13.1. The highest BCUT2D eigenvalue weighted by molar-refractivity contribution is 9.10. The number of hydrogen-bond donors (Lipinski definition) is 1. The van der Waals surface area contributed by atoms with Crippen LogP contribution >= 0.6 is 15.9 Å². The highest BCUT2D eigenvalue weighted by atomic mass is 79.9. The van der Waals surface area contributed by atoms with Crippen molar-refractivity contribution < 1.29 is 4.79 Å². The van der Waals surface area contributed by atoms with E-state index >= 15 is 0 Å². The average Bonchev–Trinajstić information content (AvgIpc) is 2.74. The molecule has 0 radical (unpaired) electrons. The number of nitrogens with zero attached hydrogens (tertiary/aromatic N) is 1. The molecule has 0 aliphatic carbocycles. The molecule has 0 unspecified atom stereocenters. The zero-order valence-corrected chi connectivity index (χ0v) is 17.0. The van der Waals surface area contributed by atoms with Crippen LogP contribution in [0, 0.1) is 0 Å². The van der Waals surface area contributed by atoms with Gasteiger partial charge in [0.1, 0.15) is 0 Å². The lowest BCUT2D eigenvalue weighted by Gasteiger charge is -2.12. The quantitative estimate of drug-likeness (QED) is 0.402. The van der Waals surface area contributed by atoms with Crippen LogP contribution < -0.4 is 5.32 Å². The van der Waals surface area contributed by atoms with Crippen molar-refractivity contribution in [2.24, 2.45) is 0 Å². The van der Waals surface area contributed by atoms with Crippen LogP contribution in [0.25, 0.3) is 22.2 Å². The minimum Gasteiger partial charge on any atom is -0.321 e. The van der Waals surface area contributed by atoms with Gasteiger partial charge in [-0.3, -0.25) is 4.79 Å². The Morgan fingerprint density at radius 2 is 1.68 bits per heavy atom. The molecular weight excluding hydrogens is 412 g/mol. The maximum absolute atomic E-state index is 13.1. The van der Waals surface area contributed by atoms with Crippen LogP contribution in [-0.4, -0.2) is 10.9 Å². The Morgan fingerprint density at radius 3 is 2.43 bits per heavy atom. The number of anilines is 1. The van der Waals surface area contributed by atoms with Crippen molar-refractivity contribution in [3.8, 4) is 11.3 Å². The summed E-state index contributed by atoms with van der Waals surface area (Å²) in [6.45, 7) is 2.13. The molecule has 1 heterocycles. The van der Waals surface area contributed by atoms with Crippen LogP contribution in [-0.2, 0) is 6.42 Å². The molecule has 0 saturated carbocycles. The minimum atomic E-state index is -0.156. The highest BCUT2D eigenvalue weighted by Gasteiger charge is 2.15. The van der Waals surface area contributed by atoms with Crippen LogP contribution in [0.3, 0.4) is 0 Å². The third kappa shape index (κ3) is 3.69. The first-order valence-corrected chi connectivity index (χ1v) is 10.00. The molecular formula is C24H19BrN2O. The highest BCUT2D eigenvalue weighted by Crippen LogP contribution is 2.27. The Balaban J connectivity index is 1.80. The van der Waals surface area contributed by atoms with Gasteiger partial charge in [-0.1, -0.05) is 61.5 Å². The summed E-state index contributed by atoms with van der Waals surface area (Å²) in [7, 11) is 0. The Bertz CT molecular complexity index is 1150. The number of carbonyl (C=O) groups is 1. The minimum absolute atomic E-state index is 0.156. The fourth-order valence-corrected chi connectivity index (χ4v) is 3.56. The Labute approximate surface area is 172 Å². The van der Waals surface area contributed by atoms with Gasteiger partial charge < -0.3 is 5.32 Å². The van der Waals surface area contributed by atoms with E-state index < -0.39 is 0 Å². The predicted molar refractivity (Wildman–Crippen MR) is 119 cm³/mol. The molecule has 0 saturated heterocycles. The summed E-state index contributed by atoms with van der Waals surface area (Å²) < 4.78 is 0.845. The number of nitrogens with one attached hydrogen (secondary N) is 1. The molecule has 4 aromatic rings. The van der Waals surface area contributed by atoms with Gasteiger partial charge in [-0.2, -0.15) is 0 Å². The smallest absolute Gasteiger partial charge is 0.256 e. The van der Waals surface area contributed by atoms with Crippen molar-refractivity contribution in [2.75, 3.05) is 5.32 Å². The lowest BCUT2D eigenvalue weighted by Crippen LogP contribution is -2.13. The number of aryl methyl sites for hydroxylation is 1. The Kier molecular flexibility index (Phi) is 5.22. The van der Waals surface area contributed by atoms with Gasteiger partial charge in [-0.05, 0) is 52.2 Å². The molecule has 0 bridgehead atoms. The first kappa shape index (κ1) is 18.4. The molecule has 4 heteroatoms. The van der Waals surface area contributed by atoms with Crippen molar-refractivity contribution in [3.63, 3.8) is 0 Å².